The zero-order chi connectivity index (χ0) is 12.8. The molecule has 5 nitrogen and oxygen atoms in total. The van der Waals surface area contributed by atoms with Crippen molar-refractivity contribution >= 4 is 12.1 Å². The van der Waals surface area contributed by atoms with Gasteiger partial charge in [-0.25, -0.2) is 4.79 Å². The fourth-order valence-corrected chi connectivity index (χ4v) is 2.06. The third-order valence-corrected chi connectivity index (χ3v) is 3.68. The van der Waals surface area contributed by atoms with Crippen LogP contribution in [0.4, 0.5) is 4.79 Å². The maximum atomic E-state index is 11.9. The SMILES string of the molecule is COC(=O)C1(C)C(C)(C)OC(=O)OC1(C)C. The summed E-state index contributed by atoms with van der Waals surface area (Å²) in [5, 5.41) is 0. The van der Waals surface area contributed by atoms with E-state index in [1.807, 2.05) is 0 Å². The maximum Gasteiger partial charge on any atom is 0.509 e. The minimum Gasteiger partial charge on any atom is -0.468 e. The number of cyclic esters (lactones) is 2. The van der Waals surface area contributed by atoms with E-state index in [2.05, 4.69) is 0 Å². The summed E-state index contributed by atoms with van der Waals surface area (Å²) in [5.74, 6) is -0.463. The van der Waals surface area contributed by atoms with Gasteiger partial charge in [-0.05, 0) is 34.6 Å². The molecule has 16 heavy (non-hydrogen) atoms. The molecule has 0 aromatic heterocycles. The fraction of sp³-hybridized carbons (Fsp3) is 0.818. The Kier molecular flexibility index (Phi) is 2.69. The molecule has 0 aliphatic carbocycles. The highest BCUT2D eigenvalue weighted by molar-refractivity contribution is 5.81. The molecule has 0 amide bonds. The molecule has 0 radical (unpaired) electrons. The molecule has 92 valence electrons. The number of esters is 1. The second-order valence-corrected chi connectivity index (χ2v) is 5.09. The first-order chi connectivity index (χ1) is 7.08. The van der Waals surface area contributed by atoms with Crippen LogP contribution in [0.25, 0.3) is 0 Å². The summed E-state index contributed by atoms with van der Waals surface area (Å²) < 4.78 is 15.0. The van der Waals surface area contributed by atoms with Crippen LogP contribution < -0.4 is 0 Å². The Morgan fingerprint density at radius 1 is 1.06 bits per heavy atom. The minimum atomic E-state index is -1.07. The maximum absolute atomic E-state index is 11.9. The smallest absolute Gasteiger partial charge is 0.468 e. The lowest BCUT2D eigenvalue weighted by Crippen LogP contribution is -2.66. The number of hydrogen-bond acceptors (Lipinski definition) is 5. The zero-order valence-electron chi connectivity index (χ0n) is 10.5. The Morgan fingerprint density at radius 3 is 1.75 bits per heavy atom. The number of hydrogen-bond donors (Lipinski definition) is 0. The van der Waals surface area contributed by atoms with E-state index in [0.29, 0.717) is 0 Å². The van der Waals surface area contributed by atoms with E-state index in [0.717, 1.165) is 0 Å². The summed E-state index contributed by atoms with van der Waals surface area (Å²) in [6.07, 6.45) is -0.767. The van der Waals surface area contributed by atoms with Crippen molar-refractivity contribution in [2.24, 2.45) is 5.41 Å². The molecule has 0 aromatic rings. The van der Waals surface area contributed by atoms with Crippen molar-refractivity contribution in [1.82, 2.24) is 0 Å². The van der Waals surface area contributed by atoms with Crippen LogP contribution in [0.5, 0.6) is 0 Å². The van der Waals surface area contributed by atoms with Gasteiger partial charge in [0, 0.05) is 0 Å². The molecule has 0 aromatic carbocycles. The minimum absolute atomic E-state index is 0.463. The summed E-state index contributed by atoms with van der Waals surface area (Å²) in [4.78, 5) is 23.2. The molecule has 1 aliphatic heterocycles. The summed E-state index contributed by atoms with van der Waals surface area (Å²) >= 11 is 0. The van der Waals surface area contributed by atoms with Gasteiger partial charge >= 0.3 is 12.1 Å². The molecule has 1 saturated heterocycles. The van der Waals surface area contributed by atoms with Crippen LogP contribution in [0, 0.1) is 5.41 Å². The molecular weight excluding hydrogens is 212 g/mol. The van der Waals surface area contributed by atoms with Crippen molar-refractivity contribution < 1.29 is 23.8 Å². The highest BCUT2D eigenvalue weighted by atomic mass is 16.8. The van der Waals surface area contributed by atoms with E-state index in [1.54, 1.807) is 34.6 Å². The highest BCUT2D eigenvalue weighted by Gasteiger charge is 2.65. The first kappa shape index (κ1) is 12.8. The molecule has 0 unspecified atom stereocenters. The zero-order valence-corrected chi connectivity index (χ0v) is 10.5. The molecular formula is C11H18O5. The van der Waals surface area contributed by atoms with Gasteiger partial charge in [-0.2, -0.15) is 0 Å². The van der Waals surface area contributed by atoms with Crippen LogP contribution in [0.2, 0.25) is 0 Å². The van der Waals surface area contributed by atoms with Crippen LogP contribution in [-0.4, -0.2) is 30.4 Å². The Hall–Kier alpha value is -1.26. The number of rotatable bonds is 1. The van der Waals surface area contributed by atoms with Crippen LogP contribution in [-0.2, 0) is 19.0 Å². The predicted octanol–water partition coefficient (Wildman–Crippen LogP) is 1.89. The van der Waals surface area contributed by atoms with Crippen molar-refractivity contribution in [3.63, 3.8) is 0 Å². The number of carbonyl (C=O) groups is 2. The summed E-state index contributed by atoms with van der Waals surface area (Å²) in [5.41, 5.74) is -3.04. The number of carbonyl (C=O) groups excluding carboxylic acids is 2. The lowest BCUT2D eigenvalue weighted by atomic mass is 9.64. The van der Waals surface area contributed by atoms with E-state index in [4.69, 9.17) is 14.2 Å². The van der Waals surface area contributed by atoms with Crippen molar-refractivity contribution in [3.05, 3.63) is 0 Å². The second-order valence-electron chi connectivity index (χ2n) is 5.09. The van der Waals surface area contributed by atoms with E-state index < -0.39 is 28.7 Å². The first-order valence-electron chi connectivity index (χ1n) is 5.09. The van der Waals surface area contributed by atoms with Gasteiger partial charge < -0.3 is 14.2 Å². The average molecular weight is 230 g/mol. The molecule has 0 spiro atoms. The molecule has 1 rings (SSSR count). The van der Waals surface area contributed by atoms with Gasteiger partial charge in [-0.15, -0.1) is 0 Å². The molecule has 0 bridgehead atoms. The first-order valence-corrected chi connectivity index (χ1v) is 5.09. The Morgan fingerprint density at radius 2 is 1.44 bits per heavy atom. The molecule has 1 aliphatic rings. The third-order valence-electron chi connectivity index (χ3n) is 3.68. The Bertz CT molecular complexity index is 309. The topological polar surface area (TPSA) is 61.8 Å². The standard InChI is InChI=1S/C11H18O5/c1-9(2)11(5,7(12)14-6)10(3,4)16-8(13)15-9/h1-6H3. The molecule has 0 N–H and O–H groups in total. The van der Waals surface area contributed by atoms with Crippen molar-refractivity contribution in [2.45, 2.75) is 45.8 Å². The largest absolute Gasteiger partial charge is 0.509 e. The average Bonchev–Trinajstić information content (AvgIpc) is 2.10. The van der Waals surface area contributed by atoms with E-state index in [9.17, 15) is 9.59 Å². The van der Waals surface area contributed by atoms with E-state index in [-0.39, 0.29) is 0 Å². The van der Waals surface area contributed by atoms with Gasteiger partial charge in [0.25, 0.3) is 0 Å². The van der Waals surface area contributed by atoms with Crippen LogP contribution in [0.15, 0.2) is 0 Å². The molecule has 0 saturated carbocycles. The summed E-state index contributed by atoms with van der Waals surface area (Å²) in [6, 6.07) is 0. The highest BCUT2D eigenvalue weighted by Crippen LogP contribution is 2.49. The van der Waals surface area contributed by atoms with Crippen molar-refractivity contribution in [2.75, 3.05) is 7.11 Å². The molecule has 5 heteroatoms. The normalized spacial score (nSPS) is 25.2. The molecule has 1 heterocycles. The van der Waals surface area contributed by atoms with Gasteiger partial charge in [0.05, 0.1) is 7.11 Å². The summed E-state index contributed by atoms with van der Waals surface area (Å²) in [7, 11) is 1.30. The van der Waals surface area contributed by atoms with Gasteiger partial charge in [0.15, 0.2) is 0 Å². The second kappa shape index (κ2) is 3.37. The van der Waals surface area contributed by atoms with Crippen LogP contribution in [0.3, 0.4) is 0 Å². The van der Waals surface area contributed by atoms with Gasteiger partial charge in [-0.1, -0.05) is 0 Å². The summed E-state index contributed by atoms with van der Waals surface area (Å²) in [6.45, 7) is 8.36. The van der Waals surface area contributed by atoms with Gasteiger partial charge in [0.1, 0.15) is 16.6 Å². The van der Waals surface area contributed by atoms with E-state index in [1.165, 1.54) is 7.11 Å². The number of ether oxygens (including phenoxy) is 3. The van der Waals surface area contributed by atoms with Gasteiger partial charge in [0.2, 0.25) is 0 Å². The fourth-order valence-electron chi connectivity index (χ4n) is 2.06. The molecule has 0 atom stereocenters. The quantitative estimate of drug-likeness (QED) is 0.644. The van der Waals surface area contributed by atoms with Crippen molar-refractivity contribution in [3.8, 4) is 0 Å². The van der Waals surface area contributed by atoms with Crippen molar-refractivity contribution in [1.29, 1.82) is 0 Å². The van der Waals surface area contributed by atoms with E-state index >= 15 is 0 Å². The third kappa shape index (κ3) is 1.45. The lowest BCUT2D eigenvalue weighted by molar-refractivity contribution is -0.234. The van der Waals surface area contributed by atoms with Crippen LogP contribution >= 0.6 is 0 Å². The van der Waals surface area contributed by atoms with Gasteiger partial charge in [-0.3, -0.25) is 4.79 Å². The lowest BCUT2D eigenvalue weighted by Gasteiger charge is -2.52. The Balaban J connectivity index is 3.30. The van der Waals surface area contributed by atoms with Crippen LogP contribution in [0.1, 0.15) is 34.6 Å². The number of methoxy groups -OCH3 is 1. The predicted molar refractivity (Wildman–Crippen MR) is 55.8 cm³/mol. The monoisotopic (exact) mass is 230 g/mol. The Labute approximate surface area is 95.0 Å². The molecule has 1 fully saturated rings.